The molecule has 35 heavy (non-hydrogen) atoms. The number of aryl methyl sites for hydroxylation is 1. The van der Waals surface area contributed by atoms with E-state index < -0.39 is 10.8 Å². The van der Waals surface area contributed by atoms with Gasteiger partial charge in [0.25, 0.3) is 11.6 Å². The van der Waals surface area contributed by atoms with E-state index >= 15 is 0 Å². The lowest BCUT2D eigenvalue weighted by Crippen LogP contribution is -2.13. The molecule has 0 atom stereocenters. The van der Waals surface area contributed by atoms with Crippen LogP contribution in [0.5, 0.6) is 0 Å². The predicted octanol–water partition coefficient (Wildman–Crippen LogP) is 4.58. The van der Waals surface area contributed by atoms with Gasteiger partial charge in [0.15, 0.2) is 0 Å². The molecule has 0 spiro atoms. The Kier molecular flexibility index (Phi) is 6.94. The second kappa shape index (κ2) is 10.4. The molecule has 0 saturated carbocycles. The molecule has 1 aromatic heterocycles. The largest absolute Gasteiger partial charge is 0.321 e. The van der Waals surface area contributed by atoms with Gasteiger partial charge in [0.05, 0.1) is 15.5 Å². The minimum atomic E-state index is -0.610. The summed E-state index contributed by atoms with van der Waals surface area (Å²) in [4.78, 5) is 24.1. The summed E-state index contributed by atoms with van der Waals surface area (Å²) in [7, 11) is 0. The molecule has 0 aliphatic carbocycles. The van der Waals surface area contributed by atoms with Crippen molar-refractivity contribution in [2.45, 2.75) is 17.0 Å². The van der Waals surface area contributed by atoms with Crippen molar-refractivity contribution in [2.24, 2.45) is 0 Å². The van der Waals surface area contributed by atoms with Gasteiger partial charge in [-0.3, -0.25) is 14.9 Å². The summed E-state index contributed by atoms with van der Waals surface area (Å²) >= 11 is 1.03. The van der Waals surface area contributed by atoms with Crippen molar-refractivity contribution in [3.63, 3.8) is 0 Å². The topological polar surface area (TPSA) is 140 Å². The van der Waals surface area contributed by atoms with Crippen LogP contribution in [0.1, 0.15) is 11.1 Å². The number of tetrazole rings is 1. The molecule has 1 amide bonds. The van der Waals surface area contributed by atoms with Crippen molar-refractivity contribution < 1.29 is 9.72 Å². The number of carbonyl (C=O) groups is 1. The van der Waals surface area contributed by atoms with Crippen molar-refractivity contribution in [2.75, 3.05) is 5.32 Å². The maximum atomic E-state index is 12.6. The third kappa shape index (κ3) is 5.58. The Labute approximate surface area is 204 Å². The summed E-state index contributed by atoms with van der Waals surface area (Å²) in [6, 6.07) is 22.6. The van der Waals surface area contributed by atoms with Crippen LogP contribution < -0.4 is 5.32 Å². The quantitative estimate of drug-likeness (QED) is 0.174. The molecule has 4 aromatic rings. The number of benzene rings is 3. The average molecular weight is 484 g/mol. The van der Waals surface area contributed by atoms with Crippen LogP contribution in [0.25, 0.3) is 11.8 Å². The second-order valence-electron chi connectivity index (χ2n) is 7.29. The van der Waals surface area contributed by atoms with Gasteiger partial charge in [0, 0.05) is 11.8 Å². The number of nitrogens with zero attached hydrogens (tertiary/aromatic N) is 6. The standard InChI is InChI=1S/C24H17N7O3S/c1-16-6-5-7-19(12-16)26-23(32)18(15-25)13-17-10-11-22(21(14-17)31(33)34)35-24-27-28-29-30(24)20-8-3-2-4-9-20/h2-14H,1H3,(H,26,32)/b18-13+. The van der Waals surface area contributed by atoms with E-state index in [2.05, 4.69) is 20.8 Å². The zero-order valence-corrected chi connectivity index (χ0v) is 19.1. The van der Waals surface area contributed by atoms with Crippen LogP contribution in [0.3, 0.4) is 0 Å². The Morgan fingerprint density at radius 1 is 1.14 bits per heavy atom. The second-order valence-corrected chi connectivity index (χ2v) is 8.30. The van der Waals surface area contributed by atoms with E-state index in [0.29, 0.717) is 27.0 Å². The number of para-hydroxylation sites is 1. The van der Waals surface area contributed by atoms with Gasteiger partial charge in [0.2, 0.25) is 5.16 Å². The van der Waals surface area contributed by atoms with Gasteiger partial charge in [-0.1, -0.05) is 36.4 Å². The molecule has 10 nitrogen and oxygen atoms in total. The van der Waals surface area contributed by atoms with Crippen molar-refractivity contribution >= 4 is 35.1 Å². The third-order valence-electron chi connectivity index (χ3n) is 4.77. The zero-order valence-electron chi connectivity index (χ0n) is 18.3. The number of anilines is 1. The number of nitriles is 1. The van der Waals surface area contributed by atoms with E-state index in [1.165, 1.54) is 22.9 Å². The van der Waals surface area contributed by atoms with Gasteiger partial charge in [-0.2, -0.15) is 9.94 Å². The molecule has 1 N–H and O–H groups in total. The number of hydrogen-bond acceptors (Lipinski definition) is 8. The molecular formula is C24H17N7O3S. The minimum Gasteiger partial charge on any atom is -0.321 e. The number of nitrogens with one attached hydrogen (secondary N) is 1. The summed E-state index contributed by atoms with van der Waals surface area (Å²) in [6.07, 6.45) is 1.31. The highest BCUT2D eigenvalue weighted by atomic mass is 32.2. The van der Waals surface area contributed by atoms with Gasteiger partial charge in [-0.15, -0.1) is 5.10 Å². The molecule has 0 fully saturated rings. The Balaban J connectivity index is 1.61. The Morgan fingerprint density at radius 3 is 2.66 bits per heavy atom. The highest BCUT2D eigenvalue weighted by molar-refractivity contribution is 7.99. The van der Waals surface area contributed by atoms with Gasteiger partial charge in [-0.05, 0) is 76.6 Å². The Hall–Kier alpha value is -4.82. The van der Waals surface area contributed by atoms with Crippen LogP contribution in [0.2, 0.25) is 0 Å². The number of nitro benzene ring substituents is 1. The molecule has 11 heteroatoms. The van der Waals surface area contributed by atoms with Gasteiger partial charge < -0.3 is 5.32 Å². The lowest BCUT2D eigenvalue weighted by Gasteiger charge is -2.07. The summed E-state index contributed by atoms with van der Waals surface area (Å²) < 4.78 is 1.48. The highest BCUT2D eigenvalue weighted by Crippen LogP contribution is 2.35. The molecule has 0 aliphatic rings. The number of nitro groups is 1. The van der Waals surface area contributed by atoms with Crippen LogP contribution >= 0.6 is 11.8 Å². The SMILES string of the molecule is Cc1cccc(NC(=O)/C(C#N)=C/c2ccc(Sc3nnnn3-c3ccccc3)c([N+](=O)[O-])c2)c1. The lowest BCUT2D eigenvalue weighted by atomic mass is 10.1. The molecule has 0 aliphatic heterocycles. The van der Waals surface area contributed by atoms with Crippen molar-refractivity contribution in [3.8, 4) is 11.8 Å². The number of carbonyl (C=O) groups excluding carboxylic acids is 1. The Morgan fingerprint density at radius 2 is 1.94 bits per heavy atom. The van der Waals surface area contributed by atoms with Crippen LogP contribution in [0.15, 0.2) is 88.4 Å². The molecular weight excluding hydrogens is 466 g/mol. The number of rotatable bonds is 7. The molecule has 0 radical (unpaired) electrons. The fourth-order valence-electron chi connectivity index (χ4n) is 3.16. The monoisotopic (exact) mass is 483 g/mol. The highest BCUT2D eigenvalue weighted by Gasteiger charge is 2.20. The van der Waals surface area contributed by atoms with Gasteiger partial charge in [0.1, 0.15) is 11.6 Å². The summed E-state index contributed by atoms with van der Waals surface area (Å²) in [5, 5.41) is 35.9. The predicted molar refractivity (Wildman–Crippen MR) is 130 cm³/mol. The average Bonchev–Trinajstić information content (AvgIpc) is 3.31. The lowest BCUT2D eigenvalue weighted by molar-refractivity contribution is -0.387. The Bertz CT molecular complexity index is 1480. The molecule has 0 bridgehead atoms. The van der Waals surface area contributed by atoms with Crippen LogP contribution in [0.4, 0.5) is 11.4 Å². The number of hydrogen-bond donors (Lipinski definition) is 1. The summed E-state index contributed by atoms with van der Waals surface area (Å²) in [5.74, 6) is -0.610. The van der Waals surface area contributed by atoms with Crippen LogP contribution in [-0.4, -0.2) is 31.0 Å². The van der Waals surface area contributed by atoms with E-state index in [1.807, 2.05) is 49.4 Å². The number of amides is 1. The number of aromatic nitrogens is 4. The normalized spacial score (nSPS) is 11.0. The van der Waals surface area contributed by atoms with E-state index in [9.17, 15) is 20.2 Å². The first-order valence-corrected chi connectivity index (χ1v) is 11.1. The van der Waals surface area contributed by atoms with Crippen LogP contribution in [-0.2, 0) is 4.79 Å². The fraction of sp³-hybridized carbons (Fsp3) is 0.0417. The first-order valence-electron chi connectivity index (χ1n) is 10.2. The van der Waals surface area contributed by atoms with E-state index in [4.69, 9.17) is 0 Å². The fourth-order valence-corrected chi connectivity index (χ4v) is 4.04. The van der Waals surface area contributed by atoms with E-state index in [1.54, 1.807) is 24.3 Å². The maximum Gasteiger partial charge on any atom is 0.283 e. The molecule has 3 aromatic carbocycles. The summed E-state index contributed by atoms with van der Waals surface area (Å²) in [6.45, 7) is 1.88. The van der Waals surface area contributed by atoms with E-state index in [0.717, 1.165) is 17.3 Å². The molecule has 4 rings (SSSR count). The van der Waals surface area contributed by atoms with Crippen molar-refractivity contribution in [3.05, 3.63) is 99.6 Å². The van der Waals surface area contributed by atoms with Crippen molar-refractivity contribution in [1.29, 1.82) is 5.26 Å². The first-order chi connectivity index (χ1) is 16.9. The zero-order chi connectivity index (χ0) is 24.8. The summed E-state index contributed by atoms with van der Waals surface area (Å²) in [5.41, 5.74) is 2.15. The molecule has 0 unspecified atom stereocenters. The molecule has 1 heterocycles. The van der Waals surface area contributed by atoms with Gasteiger partial charge >= 0.3 is 0 Å². The maximum absolute atomic E-state index is 12.6. The smallest absolute Gasteiger partial charge is 0.283 e. The first kappa shape index (κ1) is 23.3. The van der Waals surface area contributed by atoms with Crippen molar-refractivity contribution in [1.82, 2.24) is 20.2 Å². The third-order valence-corrected chi connectivity index (χ3v) is 5.78. The molecule has 172 valence electrons. The van der Waals surface area contributed by atoms with Crippen LogP contribution in [0, 0.1) is 28.4 Å². The van der Waals surface area contributed by atoms with Gasteiger partial charge in [-0.25, -0.2) is 0 Å². The minimum absolute atomic E-state index is 0.186. The molecule has 0 saturated heterocycles. The van der Waals surface area contributed by atoms with E-state index in [-0.39, 0.29) is 11.3 Å².